The molecule has 0 saturated carbocycles. The molecule has 4 aromatic rings. The summed E-state index contributed by atoms with van der Waals surface area (Å²) in [5.74, 6) is 0. The Morgan fingerprint density at radius 3 is 2.42 bits per heavy atom. The molecule has 0 amide bonds. The molecule has 0 fully saturated rings. The molecule has 6 heteroatoms. The van der Waals surface area contributed by atoms with Crippen molar-refractivity contribution >= 4 is 31.9 Å². The number of pyridine rings is 2. The van der Waals surface area contributed by atoms with Crippen LogP contribution in [-0.2, 0) is 10.1 Å². The Kier molecular flexibility index (Phi) is 3.30. The van der Waals surface area contributed by atoms with Crippen molar-refractivity contribution in [1.29, 1.82) is 0 Å². The lowest BCUT2D eigenvalue weighted by Gasteiger charge is -2.09. The molecule has 2 aromatic carbocycles. The first kappa shape index (κ1) is 14.7. The summed E-state index contributed by atoms with van der Waals surface area (Å²) in [6.07, 6.45) is 1.49. The number of fused-ring (bicyclic) bond motifs is 3. The van der Waals surface area contributed by atoms with Crippen LogP contribution in [0.15, 0.2) is 71.8 Å². The number of benzene rings is 2. The topological polar surface area (TPSA) is 80.2 Å². The van der Waals surface area contributed by atoms with E-state index in [1.807, 2.05) is 36.4 Å². The highest BCUT2D eigenvalue weighted by atomic mass is 32.2. The first-order chi connectivity index (χ1) is 11.5. The quantitative estimate of drug-likeness (QED) is 0.446. The van der Waals surface area contributed by atoms with Crippen LogP contribution in [0.2, 0.25) is 0 Å². The van der Waals surface area contributed by atoms with Crippen molar-refractivity contribution in [1.82, 2.24) is 9.97 Å². The highest BCUT2D eigenvalue weighted by Gasteiger charge is 2.18. The van der Waals surface area contributed by atoms with E-state index in [-0.39, 0.29) is 10.4 Å². The van der Waals surface area contributed by atoms with Gasteiger partial charge >= 0.3 is 0 Å². The van der Waals surface area contributed by atoms with E-state index in [0.717, 1.165) is 11.3 Å². The third kappa shape index (κ3) is 2.42. The van der Waals surface area contributed by atoms with Gasteiger partial charge in [0.15, 0.2) is 0 Å². The average molecular weight is 336 g/mol. The lowest BCUT2D eigenvalue weighted by molar-refractivity contribution is 0.484. The molecule has 0 saturated heterocycles. The Morgan fingerprint density at radius 1 is 0.875 bits per heavy atom. The minimum Gasteiger partial charge on any atom is -0.282 e. The Morgan fingerprint density at radius 2 is 1.67 bits per heavy atom. The fourth-order valence-corrected chi connectivity index (χ4v) is 3.45. The number of hydrogen-bond acceptors (Lipinski definition) is 4. The van der Waals surface area contributed by atoms with Crippen LogP contribution in [0.25, 0.3) is 33.1 Å². The lowest BCUT2D eigenvalue weighted by Crippen LogP contribution is -2.01. The summed E-state index contributed by atoms with van der Waals surface area (Å²) >= 11 is 0. The number of rotatable bonds is 2. The standard InChI is InChI=1S/C18H12N2O3S/c21-24(22,23)16-11-13-8-9-15(12-5-2-1-3-6-12)20-17(13)14-7-4-10-19-18(14)16/h1-11H,(H,21,22,23). The maximum atomic E-state index is 11.7. The lowest BCUT2D eigenvalue weighted by atomic mass is 10.1. The van der Waals surface area contributed by atoms with Gasteiger partial charge in [-0.2, -0.15) is 8.42 Å². The predicted octanol–water partition coefficient (Wildman–Crippen LogP) is 3.70. The summed E-state index contributed by atoms with van der Waals surface area (Å²) < 4.78 is 32.8. The van der Waals surface area contributed by atoms with Crippen molar-refractivity contribution in [2.75, 3.05) is 0 Å². The molecule has 0 unspecified atom stereocenters. The van der Waals surface area contributed by atoms with E-state index >= 15 is 0 Å². The monoisotopic (exact) mass is 336 g/mol. The van der Waals surface area contributed by atoms with Gasteiger partial charge in [-0.25, -0.2) is 4.98 Å². The van der Waals surface area contributed by atoms with Gasteiger partial charge in [0.25, 0.3) is 10.1 Å². The molecule has 0 aliphatic carbocycles. The molecule has 0 radical (unpaired) electrons. The number of nitrogens with zero attached hydrogens (tertiary/aromatic N) is 2. The van der Waals surface area contributed by atoms with Crippen molar-refractivity contribution in [3.8, 4) is 11.3 Å². The van der Waals surface area contributed by atoms with Crippen molar-refractivity contribution in [3.63, 3.8) is 0 Å². The molecule has 4 rings (SSSR count). The molecular formula is C18H12N2O3S. The van der Waals surface area contributed by atoms with Gasteiger partial charge in [-0.1, -0.05) is 36.4 Å². The highest BCUT2D eigenvalue weighted by molar-refractivity contribution is 7.86. The minimum atomic E-state index is -4.37. The van der Waals surface area contributed by atoms with E-state index in [0.29, 0.717) is 16.3 Å². The van der Waals surface area contributed by atoms with Gasteiger partial charge < -0.3 is 0 Å². The molecule has 1 N–H and O–H groups in total. The highest BCUT2D eigenvalue weighted by Crippen LogP contribution is 2.30. The molecule has 0 atom stereocenters. The van der Waals surface area contributed by atoms with Crippen LogP contribution in [-0.4, -0.2) is 22.9 Å². The van der Waals surface area contributed by atoms with Gasteiger partial charge in [0.2, 0.25) is 0 Å². The van der Waals surface area contributed by atoms with Gasteiger partial charge in [0.05, 0.1) is 16.7 Å². The second-order valence-corrected chi connectivity index (χ2v) is 6.77. The summed E-state index contributed by atoms with van der Waals surface area (Å²) in [7, 11) is -4.37. The maximum absolute atomic E-state index is 11.7. The number of aromatic nitrogens is 2. The van der Waals surface area contributed by atoms with E-state index in [4.69, 9.17) is 0 Å². The van der Waals surface area contributed by atoms with Crippen LogP contribution in [0.4, 0.5) is 0 Å². The fourth-order valence-electron chi connectivity index (χ4n) is 2.77. The Balaban J connectivity index is 2.10. The van der Waals surface area contributed by atoms with Crippen LogP contribution < -0.4 is 0 Å². The summed E-state index contributed by atoms with van der Waals surface area (Å²) in [6.45, 7) is 0. The van der Waals surface area contributed by atoms with Gasteiger partial charge in [-0.3, -0.25) is 9.54 Å². The normalized spacial score (nSPS) is 11.9. The summed E-state index contributed by atoms with van der Waals surface area (Å²) in [4.78, 5) is 8.59. The van der Waals surface area contributed by atoms with E-state index in [1.165, 1.54) is 12.3 Å². The summed E-state index contributed by atoms with van der Waals surface area (Å²) in [6, 6.07) is 18.2. The smallest absolute Gasteiger partial charge is 0.282 e. The summed E-state index contributed by atoms with van der Waals surface area (Å²) in [5.41, 5.74) is 2.61. The SMILES string of the molecule is O=S(=O)(O)c1cc2ccc(-c3ccccc3)nc2c2cccnc12. The average Bonchev–Trinajstić information content (AvgIpc) is 2.60. The zero-order valence-electron chi connectivity index (χ0n) is 12.4. The minimum absolute atomic E-state index is 0.208. The van der Waals surface area contributed by atoms with E-state index in [1.54, 1.807) is 18.2 Å². The Labute approximate surface area is 138 Å². The van der Waals surface area contributed by atoms with Crippen molar-refractivity contribution in [2.45, 2.75) is 4.90 Å². The zero-order valence-corrected chi connectivity index (χ0v) is 13.2. The van der Waals surface area contributed by atoms with E-state index in [9.17, 15) is 13.0 Å². The Bertz CT molecular complexity index is 1170. The van der Waals surface area contributed by atoms with Crippen LogP contribution >= 0.6 is 0 Å². The molecule has 0 bridgehead atoms. The molecule has 2 heterocycles. The second kappa shape index (κ2) is 5.36. The summed E-state index contributed by atoms with van der Waals surface area (Å²) in [5, 5.41) is 1.21. The fraction of sp³-hybridized carbons (Fsp3) is 0. The molecule has 2 aromatic heterocycles. The van der Waals surface area contributed by atoms with Crippen LogP contribution in [0.3, 0.4) is 0 Å². The third-order valence-electron chi connectivity index (χ3n) is 3.86. The Hall–Kier alpha value is -2.83. The molecule has 5 nitrogen and oxygen atoms in total. The number of hydrogen-bond donors (Lipinski definition) is 1. The van der Waals surface area contributed by atoms with Crippen LogP contribution in [0.1, 0.15) is 0 Å². The maximum Gasteiger partial charge on any atom is 0.296 e. The van der Waals surface area contributed by atoms with Gasteiger partial charge in [-0.05, 0) is 24.3 Å². The first-order valence-corrected chi connectivity index (χ1v) is 8.69. The second-order valence-electron chi connectivity index (χ2n) is 5.38. The molecule has 118 valence electrons. The predicted molar refractivity (Wildman–Crippen MR) is 92.3 cm³/mol. The third-order valence-corrected chi connectivity index (χ3v) is 4.72. The van der Waals surface area contributed by atoms with Crippen molar-refractivity contribution in [2.24, 2.45) is 0 Å². The van der Waals surface area contributed by atoms with E-state index in [2.05, 4.69) is 9.97 Å². The zero-order chi connectivity index (χ0) is 16.7. The largest absolute Gasteiger partial charge is 0.296 e. The van der Waals surface area contributed by atoms with Crippen molar-refractivity contribution in [3.05, 3.63) is 66.9 Å². The molecule has 0 spiro atoms. The molecule has 0 aliphatic rings. The van der Waals surface area contributed by atoms with Gasteiger partial charge in [0, 0.05) is 22.5 Å². The van der Waals surface area contributed by atoms with Gasteiger partial charge in [0.1, 0.15) is 4.90 Å². The van der Waals surface area contributed by atoms with Crippen molar-refractivity contribution < 1.29 is 13.0 Å². The molecular weight excluding hydrogens is 324 g/mol. The van der Waals surface area contributed by atoms with Crippen LogP contribution in [0.5, 0.6) is 0 Å². The van der Waals surface area contributed by atoms with E-state index < -0.39 is 10.1 Å². The molecule has 0 aliphatic heterocycles. The van der Waals surface area contributed by atoms with Gasteiger partial charge in [-0.15, -0.1) is 0 Å². The van der Waals surface area contributed by atoms with Crippen LogP contribution in [0, 0.1) is 0 Å². The first-order valence-electron chi connectivity index (χ1n) is 7.25. The molecule has 24 heavy (non-hydrogen) atoms.